The quantitative estimate of drug-likeness (QED) is 0.252. The molecule has 0 bridgehead atoms. The third-order valence-corrected chi connectivity index (χ3v) is 4.60. The van der Waals surface area contributed by atoms with E-state index in [1.807, 2.05) is 19.1 Å². The highest BCUT2D eigenvalue weighted by Gasteiger charge is 2.18. The van der Waals surface area contributed by atoms with Crippen molar-refractivity contribution in [1.82, 2.24) is 15.5 Å². The first-order valence-electron chi connectivity index (χ1n) is 9.45. The molecule has 0 spiro atoms. The van der Waals surface area contributed by atoms with Crippen molar-refractivity contribution in [1.29, 1.82) is 0 Å². The van der Waals surface area contributed by atoms with E-state index in [-0.39, 0.29) is 29.8 Å². The number of nitrogens with zero attached hydrogens (tertiary/aromatic N) is 3. The molecule has 1 aromatic rings. The molecule has 2 N–H and O–H groups in total. The van der Waals surface area contributed by atoms with E-state index in [0.717, 1.165) is 38.3 Å². The summed E-state index contributed by atoms with van der Waals surface area (Å²) in [5.74, 6) is 0.526. The molecule has 0 atom stereocenters. The Balaban J connectivity index is 0.00000364. The molecule has 0 aromatic heterocycles. The predicted octanol–water partition coefficient (Wildman–Crippen LogP) is 2.29. The van der Waals surface area contributed by atoms with E-state index >= 15 is 0 Å². The van der Waals surface area contributed by atoms with Crippen LogP contribution in [0.1, 0.15) is 19.4 Å². The number of rotatable bonds is 8. The van der Waals surface area contributed by atoms with Crippen molar-refractivity contribution in [3.63, 3.8) is 0 Å². The summed E-state index contributed by atoms with van der Waals surface area (Å²) in [6.45, 7) is 11.5. The van der Waals surface area contributed by atoms with Gasteiger partial charge >= 0.3 is 0 Å². The summed E-state index contributed by atoms with van der Waals surface area (Å²) < 4.78 is 19.9. The normalized spacial score (nSPS) is 15.4. The number of aliphatic imine (C=N–C) groups is 1. The van der Waals surface area contributed by atoms with Crippen LogP contribution in [-0.4, -0.2) is 70.4 Å². The molecule has 2 rings (SSSR count). The van der Waals surface area contributed by atoms with Gasteiger partial charge in [0.25, 0.3) is 0 Å². The third kappa shape index (κ3) is 7.79. The van der Waals surface area contributed by atoms with Crippen LogP contribution in [0.4, 0.5) is 10.1 Å². The van der Waals surface area contributed by atoms with Crippen molar-refractivity contribution in [2.45, 2.75) is 20.4 Å². The molecule has 0 radical (unpaired) electrons. The van der Waals surface area contributed by atoms with Crippen LogP contribution in [0.15, 0.2) is 23.2 Å². The predicted molar refractivity (Wildman–Crippen MR) is 121 cm³/mol. The SMILES string of the molecule is CCOCCNC(=NC)NCc1ccc(N2CCN(CC)CC2)c(F)c1.I. The van der Waals surface area contributed by atoms with Crippen molar-refractivity contribution < 1.29 is 9.13 Å². The molecule has 0 amide bonds. The summed E-state index contributed by atoms with van der Waals surface area (Å²) in [5.41, 5.74) is 1.59. The van der Waals surface area contributed by atoms with Gasteiger partial charge in [0.2, 0.25) is 0 Å². The number of anilines is 1. The van der Waals surface area contributed by atoms with Crippen molar-refractivity contribution in [2.75, 3.05) is 64.4 Å². The van der Waals surface area contributed by atoms with Gasteiger partial charge in [0.15, 0.2) is 5.96 Å². The van der Waals surface area contributed by atoms with Gasteiger partial charge in [-0.1, -0.05) is 13.0 Å². The minimum Gasteiger partial charge on any atom is -0.380 e. The van der Waals surface area contributed by atoms with Gasteiger partial charge in [-0.3, -0.25) is 4.99 Å². The van der Waals surface area contributed by atoms with Gasteiger partial charge in [-0.05, 0) is 31.2 Å². The molecule has 0 saturated carbocycles. The minimum absolute atomic E-state index is 0. The highest BCUT2D eigenvalue weighted by atomic mass is 127. The van der Waals surface area contributed by atoms with Gasteiger partial charge < -0.3 is 25.2 Å². The maximum absolute atomic E-state index is 14.6. The number of hydrogen-bond acceptors (Lipinski definition) is 4. The van der Waals surface area contributed by atoms with Crippen LogP contribution in [0.5, 0.6) is 0 Å². The van der Waals surface area contributed by atoms with Gasteiger partial charge in [-0.2, -0.15) is 0 Å². The second-order valence-electron chi connectivity index (χ2n) is 6.26. The van der Waals surface area contributed by atoms with Crippen molar-refractivity contribution in [2.24, 2.45) is 4.99 Å². The van der Waals surface area contributed by atoms with Crippen molar-refractivity contribution >= 4 is 35.6 Å². The van der Waals surface area contributed by atoms with Gasteiger partial charge in [0.1, 0.15) is 5.82 Å². The van der Waals surface area contributed by atoms with Gasteiger partial charge in [-0.25, -0.2) is 4.39 Å². The number of likely N-dealkylation sites (N-methyl/N-ethyl adjacent to an activating group) is 1. The molecule has 27 heavy (non-hydrogen) atoms. The second-order valence-corrected chi connectivity index (χ2v) is 6.26. The lowest BCUT2D eigenvalue weighted by molar-refractivity contribution is 0.152. The summed E-state index contributed by atoms with van der Waals surface area (Å²) in [5, 5.41) is 6.37. The average molecular weight is 493 g/mol. The Hall–Kier alpha value is -1.13. The van der Waals surface area contributed by atoms with Crippen molar-refractivity contribution in [3.8, 4) is 0 Å². The Morgan fingerprint density at radius 1 is 1.19 bits per heavy atom. The number of guanidine groups is 1. The first kappa shape index (κ1) is 23.9. The Morgan fingerprint density at radius 3 is 2.52 bits per heavy atom. The van der Waals surface area contributed by atoms with E-state index < -0.39 is 0 Å². The van der Waals surface area contributed by atoms with E-state index in [0.29, 0.717) is 38.0 Å². The average Bonchev–Trinajstić information content (AvgIpc) is 2.68. The number of ether oxygens (including phenoxy) is 1. The Morgan fingerprint density at radius 2 is 1.93 bits per heavy atom. The van der Waals surface area contributed by atoms with E-state index in [9.17, 15) is 4.39 Å². The van der Waals surface area contributed by atoms with E-state index in [4.69, 9.17) is 4.74 Å². The lowest BCUT2D eigenvalue weighted by Gasteiger charge is -2.35. The fraction of sp³-hybridized carbons (Fsp3) is 0.632. The van der Waals surface area contributed by atoms with E-state index in [1.54, 1.807) is 13.1 Å². The molecule has 1 aliphatic heterocycles. The Labute approximate surface area is 179 Å². The van der Waals surface area contributed by atoms with Crippen LogP contribution in [0.25, 0.3) is 0 Å². The second kappa shape index (κ2) is 13.1. The zero-order valence-corrected chi connectivity index (χ0v) is 19.0. The van der Waals surface area contributed by atoms with Crippen LogP contribution in [-0.2, 0) is 11.3 Å². The van der Waals surface area contributed by atoms with Gasteiger partial charge in [-0.15, -0.1) is 24.0 Å². The molecule has 1 aromatic carbocycles. The summed E-state index contributed by atoms with van der Waals surface area (Å²) in [6.07, 6.45) is 0. The van der Waals surface area contributed by atoms with E-state index in [2.05, 4.69) is 32.3 Å². The minimum atomic E-state index is -0.159. The van der Waals surface area contributed by atoms with Crippen molar-refractivity contribution in [3.05, 3.63) is 29.6 Å². The maximum atomic E-state index is 14.6. The summed E-state index contributed by atoms with van der Waals surface area (Å²) >= 11 is 0. The molecule has 0 unspecified atom stereocenters. The highest BCUT2D eigenvalue weighted by molar-refractivity contribution is 14.0. The molecule has 6 nitrogen and oxygen atoms in total. The molecular formula is C19H33FIN5O. The smallest absolute Gasteiger partial charge is 0.191 e. The monoisotopic (exact) mass is 493 g/mol. The third-order valence-electron chi connectivity index (χ3n) is 4.60. The fourth-order valence-electron chi connectivity index (χ4n) is 3.01. The van der Waals surface area contributed by atoms with Crippen LogP contribution in [0.2, 0.25) is 0 Å². The van der Waals surface area contributed by atoms with Crippen LogP contribution >= 0.6 is 24.0 Å². The maximum Gasteiger partial charge on any atom is 0.191 e. The summed E-state index contributed by atoms with van der Waals surface area (Å²) in [6, 6.07) is 5.48. The lowest BCUT2D eigenvalue weighted by Crippen LogP contribution is -2.46. The molecule has 1 aliphatic rings. The molecule has 1 saturated heterocycles. The molecular weight excluding hydrogens is 460 g/mol. The number of nitrogens with one attached hydrogen (secondary N) is 2. The standard InChI is InChI=1S/C19H32FN5O.HI/c1-4-24-9-11-25(12-10-24)18-7-6-16(14-17(18)20)15-23-19(21-3)22-8-13-26-5-2;/h6-7,14H,4-5,8-13,15H2,1-3H3,(H2,21,22,23);1H. The first-order chi connectivity index (χ1) is 12.7. The molecule has 1 heterocycles. The molecule has 154 valence electrons. The summed E-state index contributed by atoms with van der Waals surface area (Å²) in [4.78, 5) is 8.68. The fourth-order valence-corrected chi connectivity index (χ4v) is 3.01. The van der Waals surface area contributed by atoms with Crippen LogP contribution in [0, 0.1) is 5.82 Å². The number of benzene rings is 1. The highest BCUT2D eigenvalue weighted by Crippen LogP contribution is 2.22. The zero-order valence-electron chi connectivity index (χ0n) is 16.6. The molecule has 8 heteroatoms. The zero-order chi connectivity index (χ0) is 18.8. The largest absolute Gasteiger partial charge is 0.380 e. The lowest BCUT2D eigenvalue weighted by atomic mass is 10.1. The van der Waals surface area contributed by atoms with Gasteiger partial charge in [0.05, 0.1) is 12.3 Å². The topological polar surface area (TPSA) is 52.1 Å². The number of hydrogen-bond donors (Lipinski definition) is 2. The first-order valence-corrected chi connectivity index (χ1v) is 9.45. The molecule has 0 aliphatic carbocycles. The van der Waals surface area contributed by atoms with Crippen LogP contribution in [0.3, 0.4) is 0 Å². The molecule has 1 fully saturated rings. The van der Waals surface area contributed by atoms with Gasteiger partial charge in [0, 0.05) is 52.9 Å². The Bertz CT molecular complexity index is 579. The van der Waals surface area contributed by atoms with E-state index in [1.165, 1.54) is 0 Å². The Kier molecular flexibility index (Phi) is 11.6. The summed E-state index contributed by atoms with van der Waals surface area (Å²) in [7, 11) is 1.72. The number of halogens is 2. The van der Waals surface area contributed by atoms with Crippen LogP contribution < -0.4 is 15.5 Å². The number of piperazine rings is 1.